The van der Waals surface area contributed by atoms with Gasteiger partial charge in [0.15, 0.2) is 0 Å². The van der Waals surface area contributed by atoms with E-state index in [0.29, 0.717) is 0 Å². The van der Waals surface area contributed by atoms with E-state index < -0.39 is 47.4 Å². The quantitative estimate of drug-likeness (QED) is 0.764. The maximum atomic E-state index is 12.5. The molecule has 1 rings (SSSR count). The van der Waals surface area contributed by atoms with Crippen molar-refractivity contribution >= 4 is 54.5 Å². The fourth-order valence-corrected chi connectivity index (χ4v) is 2.98. The number of rotatable bonds is 3. The summed E-state index contributed by atoms with van der Waals surface area (Å²) in [7, 11) is 0.840. The van der Waals surface area contributed by atoms with Gasteiger partial charge in [0.25, 0.3) is 15.0 Å². The first-order valence-electron chi connectivity index (χ1n) is 5.23. The Morgan fingerprint density at radius 1 is 1.23 bits per heavy atom. The van der Waals surface area contributed by atoms with E-state index in [1.54, 1.807) is 5.32 Å². The summed E-state index contributed by atoms with van der Waals surface area (Å²) in [6.45, 7) is 0.245. The summed E-state index contributed by atoms with van der Waals surface area (Å²) in [6.07, 6.45) is -5.23. The summed E-state index contributed by atoms with van der Waals surface area (Å²) in [6, 6.07) is 1.72. The van der Waals surface area contributed by atoms with Gasteiger partial charge < -0.3 is 10.4 Å². The molecule has 0 fully saturated rings. The van der Waals surface area contributed by atoms with Crippen LogP contribution in [0.5, 0.6) is 0 Å². The predicted octanol–water partition coefficient (Wildman–Crippen LogP) is 3.17. The molecule has 22 heavy (non-hydrogen) atoms. The van der Waals surface area contributed by atoms with Crippen LogP contribution in [0.15, 0.2) is 17.0 Å². The van der Waals surface area contributed by atoms with Crippen molar-refractivity contribution in [3.8, 4) is 0 Å². The zero-order chi connectivity index (χ0) is 17.5. The minimum atomic E-state index is -5.23. The lowest BCUT2D eigenvalue weighted by Gasteiger charge is -2.25. The number of nitrogens with one attached hydrogen (secondary N) is 1. The Kier molecular flexibility index (Phi) is 5.30. The Labute approximate surface area is 137 Å². The Morgan fingerprint density at radius 2 is 1.73 bits per heavy atom. The SMILES string of the molecule is CC(O)(C(=O)Nc1ccc(S(=O)(=O)Cl)c(Cl)c1Cl)C(F)(F)F. The van der Waals surface area contributed by atoms with Gasteiger partial charge in [-0.3, -0.25) is 4.79 Å². The number of benzene rings is 1. The van der Waals surface area contributed by atoms with Crippen LogP contribution in [0.3, 0.4) is 0 Å². The van der Waals surface area contributed by atoms with E-state index in [1.165, 1.54) is 0 Å². The van der Waals surface area contributed by atoms with Crippen LogP contribution in [0, 0.1) is 0 Å². The maximum Gasteiger partial charge on any atom is 0.426 e. The van der Waals surface area contributed by atoms with Gasteiger partial charge in [-0.2, -0.15) is 13.2 Å². The highest BCUT2D eigenvalue weighted by molar-refractivity contribution is 8.13. The minimum absolute atomic E-state index is 0.245. The van der Waals surface area contributed by atoms with Gasteiger partial charge in [-0.05, 0) is 19.1 Å². The van der Waals surface area contributed by atoms with E-state index in [0.717, 1.165) is 12.1 Å². The van der Waals surface area contributed by atoms with Crippen molar-refractivity contribution in [2.75, 3.05) is 5.32 Å². The summed E-state index contributed by atoms with van der Waals surface area (Å²) in [5.41, 5.74) is -4.11. The monoisotopic (exact) mass is 399 g/mol. The van der Waals surface area contributed by atoms with Crippen molar-refractivity contribution < 1.29 is 31.5 Å². The molecule has 0 saturated carbocycles. The molecule has 0 spiro atoms. The number of halogens is 6. The third-order valence-corrected chi connectivity index (χ3v) is 4.91. The molecular formula is C10H7Cl3F3NO4S. The van der Waals surface area contributed by atoms with E-state index in [1.807, 2.05) is 0 Å². The highest BCUT2D eigenvalue weighted by Crippen LogP contribution is 2.38. The van der Waals surface area contributed by atoms with Crippen molar-refractivity contribution in [2.45, 2.75) is 23.6 Å². The average Bonchev–Trinajstić information content (AvgIpc) is 2.31. The van der Waals surface area contributed by atoms with Gasteiger partial charge in [-0.1, -0.05) is 23.2 Å². The molecule has 0 saturated heterocycles. The second kappa shape index (κ2) is 6.04. The van der Waals surface area contributed by atoms with Crippen molar-refractivity contribution in [3.63, 3.8) is 0 Å². The maximum absolute atomic E-state index is 12.5. The van der Waals surface area contributed by atoms with Crippen LogP contribution in [0.4, 0.5) is 18.9 Å². The van der Waals surface area contributed by atoms with Gasteiger partial charge in [0.05, 0.1) is 15.7 Å². The zero-order valence-electron chi connectivity index (χ0n) is 10.5. The fraction of sp³-hybridized carbons (Fsp3) is 0.300. The van der Waals surface area contributed by atoms with E-state index in [2.05, 4.69) is 0 Å². The summed E-state index contributed by atoms with van der Waals surface area (Å²) in [5.74, 6) is -1.82. The second-order valence-electron chi connectivity index (χ2n) is 4.20. The third kappa shape index (κ3) is 3.77. The molecular weight excluding hydrogens is 394 g/mol. The zero-order valence-corrected chi connectivity index (χ0v) is 13.6. The second-order valence-corrected chi connectivity index (χ2v) is 7.49. The smallest absolute Gasteiger partial charge is 0.373 e. The van der Waals surface area contributed by atoms with E-state index in [-0.39, 0.29) is 6.92 Å². The first-order valence-corrected chi connectivity index (χ1v) is 8.29. The number of hydrogen-bond donors (Lipinski definition) is 2. The van der Waals surface area contributed by atoms with Gasteiger partial charge >= 0.3 is 6.18 Å². The highest BCUT2D eigenvalue weighted by atomic mass is 35.7. The molecule has 1 amide bonds. The molecule has 1 atom stereocenters. The van der Waals surface area contributed by atoms with Crippen LogP contribution in [0.1, 0.15) is 6.92 Å². The molecule has 0 bridgehead atoms. The van der Waals surface area contributed by atoms with Gasteiger partial charge in [0.2, 0.25) is 5.60 Å². The number of aliphatic hydroxyl groups is 1. The molecule has 5 nitrogen and oxygen atoms in total. The third-order valence-electron chi connectivity index (χ3n) is 2.55. The van der Waals surface area contributed by atoms with Gasteiger partial charge in [-0.15, -0.1) is 0 Å². The van der Waals surface area contributed by atoms with Crippen LogP contribution in [0.25, 0.3) is 0 Å². The largest absolute Gasteiger partial charge is 0.426 e. The van der Waals surface area contributed by atoms with E-state index >= 15 is 0 Å². The van der Waals surface area contributed by atoms with Crippen molar-refractivity contribution in [3.05, 3.63) is 22.2 Å². The lowest BCUT2D eigenvalue weighted by atomic mass is 10.1. The van der Waals surface area contributed by atoms with Crippen LogP contribution >= 0.6 is 33.9 Å². The molecule has 1 aromatic rings. The molecule has 12 heteroatoms. The molecule has 0 aliphatic rings. The Morgan fingerprint density at radius 3 is 2.14 bits per heavy atom. The Hall–Kier alpha value is -0.740. The number of hydrogen-bond acceptors (Lipinski definition) is 4. The van der Waals surface area contributed by atoms with Crippen molar-refractivity contribution in [2.24, 2.45) is 0 Å². The lowest BCUT2D eigenvalue weighted by molar-refractivity contribution is -0.242. The van der Waals surface area contributed by atoms with Crippen molar-refractivity contribution in [1.29, 1.82) is 0 Å². The number of carbonyl (C=O) groups excluding carboxylic acids is 1. The van der Waals surface area contributed by atoms with Gasteiger partial charge in [-0.25, -0.2) is 8.42 Å². The Balaban J connectivity index is 3.22. The summed E-state index contributed by atoms with van der Waals surface area (Å²) in [5, 5.41) is 9.78. The highest BCUT2D eigenvalue weighted by Gasteiger charge is 2.55. The predicted molar refractivity (Wildman–Crippen MR) is 74.8 cm³/mol. The summed E-state index contributed by atoms with van der Waals surface area (Å²) >= 11 is 11.3. The van der Waals surface area contributed by atoms with Gasteiger partial charge in [0.1, 0.15) is 4.90 Å². The van der Waals surface area contributed by atoms with E-state index in [9.17, 15) is 31.5 Å². The summed E-state index contributed by atoms with van der Waals surface area (Å²) in [4.78, 5) is 10.9. The van der Waals surface area contributed by atoms with Crippen LogP contribution in [-0.2, 0) is 13.8 Å². The van der Waals surface area contributed by atoms with Crippen LogP contribution < -0.4 is 5.32 Å². The number of amides is 1. The fourth-order valence-electron chi connectivity index (χ4n) is 1.19. The molecule has 0 heterocycles. The number of carbonyl (C=O) groups is 1. The molecule has 2 N–H and O–H groups in total. The molecule has 0 aliphatic heterocycles. The minimum Gasteiger partial charge on any atom is -0.373 e. The number of alkyl halides is 3. The standard InChI is InChI=1S/C10H7Cl3F3NO4S/c1-9(19,10(14,15)16)8(18)17-4-2-3-5(22(13,20)21)7(12)6(4)11/h2-3,19H,1H3,(H,17,18). The molecule has 0 radical (unpaired) electrons. The molecule has 1 aromatic carbocycles. The number of anilines is 1. The Bertz CT molecular complexity index is 719. The normalized spacial score (nSPS) is 15.3. The van der Waals surface area contributed by atoms with Crippen LogP contribution in [-0.4, -0.2) is 31.2 Å². The van der Waals surface area contributed by atoms with E-state index in [4.69, 9.17) is 33.9 Å². The van der Waals surface area contributed by atoms with Gasteiger partial charge in [0, 0.05) is 10.7 Å². The molecule has 124 valence electrons. The lowest BCUT2D eigenvalue weighted by Crippen LogP contribution is -2.52. The topological polar surface area (TPSA) is 83.5 Å². The molecule has 0 aromatic heterocycles. The molecule has 0 aliphatic carbocycles. The average molecular weight is 401 g/mol. The first-order chi connectivity index (χ1) is 9.69. The molecule has 1 unspecified atom stereocenters. The first kappa shape index (κ1) is 19.3. The van der Waals surface area contributed by atoms with Crippen LogP contribution in [0.2, 0.25) is 10.0 Å². The van der Waals surface area contributed by atoms with Crippen molar-refractivity contribution in [1.82, 2.24) is 0 Å². The summed E-state index contributed by atoms with van der Waals surface area (Å²) < 4.78 is 59.9.